The summed E-state index contributed by atoms with van der Waals surface area (Å²) in [6.07, 6.45) is 1.85. The van der Waals surface area contributed by atoms with Crippen molar-refractivity contribution in [2.24, 2.45) is 5.73 Å². The Hall–Kier alpha value is -2.18. The summed E-state index contributed by atoms with van der Waals surface area (Å²) in [5, 5.41) is 2.77. The van der Waals surface area contributed by atoms with Crippen LogP contribution in [0.2, 0.25) is 0 Å². The Kier molecular flexibility index (Phi) is 5.48. The number of anilines is 1. The quantitative estimate of drug-likeness (QED) is 0.607. The molecule has 1 aromatic heterocycles. The van der Waals surface area contributed by atoms with E-state index in [0.29, 0.717) is 23.9 Å². The lowest BCUT2D eigenvalue weighted by Gasteiger charge is -2.07. The van der Waals surface area contributed by atoms with Crippen LogP contribution in [0.15, 0.2) is 47.1 Å². The van der Waals surface area contributed by atoms with Gasteiger partial charge in [0.15, 0.2) is 0 Å². The lowest BCUT2D eigenvalue weighted by molar-refractivity contribution is -0.117. The molecule has 5 nitrogen and oxygen atoms in total. The van der Waals surface area contributed by atoms with Gasteiger partial charge in [-0.2, -0.15) is 0 Å². The van der Waals surface area contributed by atoms with Gasteiger partial charge >= 0.3 is 0 Å². The first-order valence-corrected chi connectivity index (χ1v) is 6.86. The summed E-state index contributed by atoms with van der Waals surface area (Å²) in [5.74, 6) is 0.606. The summed E-state index contributed by atoms with van der Waals surface area (Å²) in [4.78, 5) is 12.1. The van der Waals surface area contributed by atoms with E-state index in [1.807, 2.05) is 6.07 Å². The zero-order valence-corrected chi connectivity index (χ0v) is 12.2. The molecule has 0 fully saturated rings. The number of ether oxygens (including phenoxy) is 1. The Morgan fingerprint density at radius 1 is 1.33 bits per heavy atom. The highest BCUT2D eigenvalue weighted by atomic mass is 32.1. The van der Waals surface area contributed by atoms with E-state index < -0.39 is 0 Å². The lowest BCUT2D eigenvalue weighted by Crippen LogP contribution is -2.15. The van der Waals surface area contributed by atoms with E-state index in [1.54, 1.807) is 36.6 Å². The predicted molar refractivity (Wildman–Crippen MR) is 83.9 cm³/mol. The van der Waals surface area contributed by atoms with Gasteiger partial charge in [0.05, 0.1) is 19.3 Å². The van der Waals surface area contributed by atoms with E-state index in [1.165, 1.54) is 0 Å². The molecule has 0 aliphatic rings. The number of rotatable bonds is 7. The molecule has 0 atom stereocenters. The van der Waals surface area contributed by atoms with Crippen molar-refractivity contribution in [3.8, 4) is 0 Å². The first-order valence-electron chi connectivity index (χ1n) is 6.45. The summed E-state index contributed by atoms with van der Waals surface area (Å²) in [5.41, 5.74) is 6.93. The minimum Gasteiger partial charge on any atom is -0.467 e. The molecular weight excluding hydrogens is 288 g/mol. The van der Waals surface area contributed by atoms with Crippen molar-refractivity contribution < 1.29 is 13.9 Å². The van der Waals surface area contributed by atoms with Crippen molar-refractivity contribution in [1.82, 2.24) is 0 Å². The van der Waals surface area contributed by atoms with Crippen LogP contribution in [0.4, 0.5) is 5.69 Å². The molecule has 0 saturated heterocycles. The second kappa shape index (κ2) is 7.56. The maximum Gasteiger partial charge on any atom is 0.226 e. The van der Waals surface area contributed by atoms with Crippen molar-refractivity contribution >= 4 is 28.8 Å². The summed E-state index contributed by atoms with van der Waals surface area (Å²) >= 11 is 4.90. The summed E-state index contributed by atoms with van der Waals surface area (Å²) in [6, 6.07) is 10.7. The second-order valence-electron chi connectivity index (χ2n) is 4.38. The molecule has 0 saturated carbocycles. The van der Waals surface area contributed by atoms with Gasteiger partial charge in [-0.15, -0.1) is 0 Å². The number of hydrogen-bond donors (Lipinski definition) is 2. The van der Waals surface area contributed by atoms with Crippen LogP contribution < -0.4 is 11.1 Å². The lowest BCUT2D eigenvalue weighted by atomic mass is 10.2. The minimum atomic E-state index is -0.130. The topological polar surface area (TPSA) is 77.5 Å². The molecule has 1 aromatic carbocycles. The number of furan rings is 1. The zero-order chi connectivity index (χ0) is 15.1. The Balaban J connectivity index is 1.74. The highest BCUT2D eigenvalue weighted by Gasteiger charge is 2.04. The summed E-state index contributed by atoms with van der Waals surface area (Å²) in [6.45, 7) is 0.679. The Morgan fingerprint density at radius 2 is 2.19 bits per heavy atom. The molecule has 1 heterocycles. The second-order valence-corrected chi connectivity index (χ2v) is 4.82. The van der Waals surface area contributed by atoms with Crippen LogP contribution in [-0.2, 0) is 16.1 Å². The van der Waals surface area contributed by atoms with Gasteiger partial charge in [-0.05, 0) is 24.3 Å². The van der Waals surface area contributed by atoms with Crippen LogP contribution in [0.1, 0.15) is 17.7 Å². The number of carbonyl (C=O) groups excluding carboxylic acids is 1. The van der Waals surface area contributed by atoms with Crippen LogP contribution in [0.5, 0.6) is 0 Å². The fraction of sp³-hybridized carbons (Fsp3) is 0.200. The largest absolute Gasteiger partial charge is 0.467 e. The third-order valence-electron chi connectivity index (χ3n) is 2.73. The third-order valence-corrected chi connectivity index (χ3v) is 2.96. The Bertz CT molecular complexity index is 611. The van der Waals surface area contributed by atoms with Crippen LogP contribution in [0.3, 0.4) is 0 Å². The normalized spacial score (nSPS) is 10.3. The van der Waals surface area contributed by atoms with E-state index in [9.17, 15) is 4.79 Å². The van der Waals surface area contributed by atoms with Gasteiger partial charge in [0.25, 0.3) is 0 Å². The smallest absolute Gasteiger partial charge is 0.226 e. The molecule has 1 amide bonds. The molecule has 21 heavy (non-hydrogen) atoms. The van der Waals surface area contributed by atoms with Crippen LogP contribution >= 0.6 is 12.2 Å². The fourth-order valence-electron chi connectivity index (χ4n) is 1.71. The molecular formula is C15H16N2O3S. The zero-order valence-electron chi connectivity index (χ0n) is 11.4. The molecule has 0 spiro atoms. The number of amides is 1. The van der Waals surface area contributed by atoms with Gasteiger partial charge in [-0.3, -0.25) is 4.79 Å². The fourth-order valence-corrected chi connectivity index (χ4v) is 1.83. The number of nitrogens with two attached hydrogens (primary N) is 1. The van der Waals surface area contributed by atoms with E-state index in [-0.39, 0.29) is 12.3 Å². The molecule has 0 aliphatic carbocycles. The van der Waals surface area contributed by atoms with Crippen molar-refractivity contribution in [1.29, 1.82) is 0 Å². The van der Waals surface area contributed by atoms with Gasteiger partial charge in [0, 0.05) is 11.3 Å². The molecule has 0 bridgehead atoms. The molecule has 110 valence electrons. The van der Waals surface area contributed by atoms with Crippen LogP contribution in [0.25, 0.3) is 0 Å². The predicted octanol–water partition coefficient (Wildman–Crippen LogP) is 2.46. The van der Waals surface area contributed by atoms with Crippen LogP contribution in [0, 0.1) is 0 Å². The van der Waals surface area contributed by atoms with Crippen molar-refractivity contribution in [2.45, 2.75) is 13.0 Å². The standard InChI is InChI=1S/C15H16N2O3S/c16-15(21)11-3-1-4-12(9-11)17-14(18)6-8-19-10-13-5-2-7-20-13/h1-5,7,9H,6,8,10H2,(H2,16,21)(H,17,18). The number of carbonyl (C=O) groups is 1. The number of benzene rings is 1. The molecule has 0 radical (unpaired) electrons. The van der Waals surface area contributed by atoms with Crippen LogP contribution in [-0.4, -0.2) is 17.5 Å². The highest BCUT2D eigenvalue weighted by molar-refractivity contribution is 7.80. The molecule has 2 aromatic rings. The maximum atomic E-state index is 11.8. The maximum absolute atomic E-state index is 11.8. The average molecular weight is 304 g/mol. The van der Waals surface area contributed by atoms with E-state index in [2.05, 4.69) is 5.32 Å². The van der Waals surface area contributed by atoms with Gasteiger partial charge in [-0.1, -0.05) is 24.4 Å². The van der Waals surface area contributed by atoms with Gasteiger partial charge in [0.2, 0.25) is 5.91 Å². The van der Waals surface area contributed by atoms with E-state index >= 15 is 0 Å². The van der Waals surface area contributed by atoms with E-state index in [4.69, 9.17) is 27.1 Å². The Labute approximate surface area is 128 Å². The summed E-state index contributed by atoms with van der Waals surface area (Å²) in [7, 11) is 0. The monoisotopic (exact) mass is 304 g/mol. The first-order chi connectivity index (χ1) is 10.1. The average Bonchev–Trinajstić information content (AvgIpc) is 2.97. The van der Waals surface area contributed by atoms with Gasteiger partial charge in [-0.25, -0.2) is 0 Å². The van der Waals surface area contributed by atoms with Gasteiger partial charge < -0.3 is 20.2 Å². The SMILES string of the molecule is NC(=S)c1cccc(NC(=O)CCOCc2ccco2)c1. The third kappa shape index (κ3) is 5.02. The number of thiocarbonyl (C=S) groups is 1. The molecule has 6 heteroatoms. The molecule has 0 unspecified atom stereocenters. The van der Waals surface area contributed by atoms with Crippen molar-refractivity contribution in [2.75, 3.05) is 11.9 Å². The Morgan fingerprint density at radius 3 is 2.90 bits per heavy atom. The number of hydrogen-bond acceptors (Lipinski definition) is 4. The molecule has 2 rings (SSSR count). The van der Waals surface area contributed by atoms with Gasteiger partial charge in [0.1, 0.15) is 17.4 Å². The summed E-state index contributed by atoms with van der Waals surface area (Å²) < 4.78 is 10.5. The molecule has 3 N–H and O–H groups in total. The number of nitrogens with one attached hydrogen (secondary N) is 1. The first kappa shape index (κ1) is 15.2. The van der Waals surface area contributed by atoms with E-state index in [0.717, 1.165) is 11.3 Å². The van der Waals surface area contributed by atoms with Crippen molar-refractivity contribution in [3.05, 3.63) is 54.0 Å². The highest BCUT2D eigenvalue weighted by Crippen LogP contribution is 2.11. The molecule has 0 aliphatic heterocycles. The van der Waals surface area contributed by atoms with Crippen molar-refractivity contribution in [3.63, 3.8) is 0 Å². The minimum absolute atomic E-state index is 0.130.